The standard InChI is InChI=1S/C23H24FN5O2/c24-20-7-4-17(5-8-20)13-22(30)28-11-1-3-19(16-28)23(31)26-15-18-6-9-21(25-14-18)29-12-2-10-27-29/h2,4-10,12,14,19H,1,3,11,13,15-16H2,(H,26,31). The lowest BCUT2D eigenvalue weighted by molar-refractivity contribution is -0.135. The van der Waals surface area contributed by atoms with Gasteiger partial charge in [0, 0.05) is 38.2 Å². The molecule has 1 unspecified atom stereocenters. The maximum atomic E-state index is 13.1. The highest BCUT2D eigenvalue weighted by molar-refractivity contribution is 5.82. The van der Waals surface area contributed by atoms with Gasteiger partial charge < -0.3 is 10.2 Å². The summed E-state index contributed by atoms with van der Waals surface area (Å²) in [5, 5.41) is 7.10. The summed E-state index contributed by atoms with van der Waals surface area (Å²) in [6.45, 7) is 1.43. The second-order valence-corrected chi connectivity index (χ2v) is 7.68. The largest absolute Gasteiger partial charge is 0.352 e. The van der Waals surface area contributed by atoms with E-state index in [4.69, 9.17) is 0 Å². The van der Waals surface area contributed by atoms with Gasteiger partial charge in [-0.2, -0.15) is 5.10 Å². The van der Waals surface area contributed by atoms with Crippen molar-refractivity contribution in [1.82, 2.24) is 25.0 Å². The highest BCUT2D eigenvalue weighted by atomic mass is 19.1. The average Bonchev–Trinajstić information content (AvgIpc) is 3.34. The topological polar surface area (TPSA) is 80.1 Å². The Balaban J connectivity index is 1.28. The predicted molar refractivity (Wildman–Crippen MR) is 113 cm³/mol. The van der Waals surface area contributed by atoms with Gasteiger partial charge in [-0.3, -0.25) is 9.59 Å². The monoisotopic (exact) mass is 421 g/mol. The minimum Gasteiger partial charge on any atom is -0.352 e. The van der Waals surface area contributed by atoms with Crippen LogP contribution in [0.5, 0.6) is 0 Å². The number of carbonyl (C=O) groups is 2. The molecule has 3 heterocycles. The van der Waals surface area contributed by atoms with Gasteiger partial charge in [-0.1, -0.05) is 18.2 Å². The first kappa shape index (κ1) is 20.7. The average molecular weight is 421 g/mol. The number of hydrogen-bond donors (Lipinski definition) is 1. The summed E-state index contributed by atoms with van der Waals surface area (Å²) >= 11 is 0. The summed E-state index contributed by atoms with van der Waals surface area (Å²) in [4.78, 5) is 31.4. The molecule has 2 aromatic heterocycles. The van der Waals surface area contributed by atoms with Gasteiger partial charge in [0.1, 0.15) is 5.82 Å². The van der Waals surface area contributed by atoms with Crippen molar-refractivity contribution in [2.24, 2.45) is 5.92 Å². The van der Waals surface area contributed by atoms with Crippen LogP contribution in [0, 0.1) is 11.7 Å². The first-order valence-electron chi connectivity index (χ1n) is 10.3. The second-order valence-electron chi connectivity index (χ2n) is 7.68. The summed E-state index contributed by atoms with van der Waals surface area (Å²) < 4.78 is 14.7. The number of hydrogen-bond acceptors (Lipinski definition) is 4. The molecule has 1 N–H and O–H groups in total. The normalized spacial score (nSPS) is 16.2. The quantitative estimate of drug-likeness (QED) is 0.663. The number of likely N-dealkylation sites (tertiary alicyclic amines) is 1. The Morgan fingerprint density at radius 3 is 2.65 bits per heavy atom. The van der Waals surface area contributed by atoms with Gasteiger partial charge in [0.15, 0.2) is 5.82 Å². The number of aromatic nitrogens is 3. The van der Waals surface area contributed by atoms with Crippen LogP contribution in [0.4, 0.5) is 4.39 Å². The molecule has 0 aliphatic carbocycles. The van der Waals surface area contributed by atoms with Crippen molar-refractivity contribution in [3.8, 4) is 5.82 Å². The smallest absolute Gasteiger partial charge is 0.227 e. The maximum Gasteiger partial charge on any atom is 0.227 e. The van der Waals surface area contributed by atoms with E-state index in [1.807, 2.05) is 24.4 Å². The molecule has 0 bridgehead atoms. The van der Waals surface area contributed by atoms with Crippen molar-refractivity contribution >= 4 is 11.8 Å². The molecule has 4 rings (SSSR count). The summed E-state index contributed by atoms with van der Waals surface area (Å²) in [6.07, 6.45) is 6.97. The lowest BCUT2D eigenvalue weighted by atomic mass is 9.96. The number of rotatable bonds is 6. The van der Waals surface area contributed by atoms with Crippen LogP contribution < -0.4 is 5.32 Å². The zero-order valence-corrected chi connectivity index (χ0v) is 17.1. The van der Waals surface area contributed by atoms with Crippen LogP contribution in [0.1, 0.15) is 24.0 Å². The van der Waals surface area contributed by atoms with Crippen LogP contribution in [-0.4, -0.2) is 44.6 Å². The van der Waals surface area contributed by atoms with Gasteiger partial charge in [0.05, 0.1) is 12.3 Å². The molecule has 7 nitrogen and oxygen atoms in total. The van der Waals surface area contributed by atoms with Crippen LogP contribution in [0.2, 0.25) is 0 Å². The molecule has 1 aliphatic heterocycles. The van der Waals surface area contributed by atoms with Gasteiger partial charge in [-0.25, -0.2) is 14.1 Å². The van der Waals surface area contributed by atoms with Crippen LogP contribution in [0.15, 0.2) is 61.1 Å². The summed E-state index contributed by atoms with van der Waals surface area (Å²) in [5.41, 5.74) is 1.66. The summed E-state index contributed by atoms with van der Waals surface area (Å²) in [5.74, 6) is 0.0555. The summed E-state index contributed by atoms with van der Waals surface area (Å²) in [7, 11) is 0. The number of pyridine rings is 1. The van der Waals surface area contributed by atoms with Crippen LogP contribution in [-0.2, 0) is 22.6 Å². The Kier molecular flexibility index (Phi) is 6.35. The zero-order valence-electron chi connectivity index (χ0n) is 17.1. The number of benzene rings is 1. The minimum absolute atomic E-state index is 0.0393. The Hall–Kier alpha value is -3.55. The van der Waals surface area contributed by atoms with Crippen molar-refractivity contribution in [3.63, 3.8) is 0 Å². The first-order chi connectivity index (χ1) is 15.1. The molecule has 1 aliphatic rings. The molecule has 0 spiro atoms. The molecule has 8 heteroatoms. The Labute approximate surface area is 179 Å². The second kappa shape index (κ2) is 9.51. The molecule has 1 aromatic carbocycles. The molecule has 1 saturated heterocycles. The molecule has 160 valence electrons. The van der Waals surface area contributed by atoms with Crippen LogP contribution >= 0.6 is 0 Å². The lowest BCUT2D eigenvalue weighted by Gasteiger charge is -2.32. The third kappa shape index (κ3) is 5.33. The molecular weight excluding hydrogens is 397 g/mol. The number of halogens is 1. The highest BCUT2D eigenvalue weighted by Gasteiger charge is 2.28. The fraction of sp³-hybridized carbons (Fsp3) is 0.304. The minimum atomic E-state index is -0.322. The third-order valence-electron chi connectivity index (χ3n) is 5.43. The van der Waals surface area contributed by atoms with Crippen molar-refractivity contribution in [2.45, 2.75) is 25.8 Å². The van der Waals surface area contributed by atoms with E-state index in [2.05, 4.69) is 15.4 Å². The van der Waals surface area contributed by atoms with Crippen LogP contribution in [0.25, 0.3) is 5.82 Å². The van der Waals surface area contributed by atoms with Gasteiger partial charge in [0.2, 0.25) is 11.8 Å². The molecule has 0 radical (unpaired) electrons. The first-order valence-corrected chi connectivity index (χ1v) is 10.3. The van der Waals surface area contributed by atoms with Crippen molar-refractivity contribution < 1.29 is 14.0 Å². The van der Waals surface area contributed by atoms with Crippen LogP contribution in [0.3, 0.4) is 0 Å². The predicted octanol–water partition coefficient (Wildman–Crippen LogP) is 2.50. The number of amides is 2. The number of carbonyl (C=O) groups excluding carboxylic acids is 2. The molecule has 2 amide bonds. The molecule has 1 fully saturated rings. The van der Waals surface area contributed by atoms with Crippen molar-refractivity contribution in [1.29, 1.82) is 0 Å². The van der Waals surface area contributed by atoms with E-state index >= 15 is 0 Å². The van der Waals surface area contributed by atoms with Gasteiger partial charge in [-0.05, 0) is 48.2 Å². The molecule has 31 heavy (non-hydrogen) atoms. The Morgan fingerprint density at radius 1 is 1.13 bits per heavy atom. The van der Waals surface area contributed by atoms with E-state index in [0.717, 1.165) is 24.0 Å². The molecule has 1 atom stereocenters. The molecule has 3 aromatic rings. The summed E-state index contributed by atoms with van der Waals surface area (Å²) in [6, 6.07) is 11.5. The van der Waals surface area contributed by atoms with Crippen molar-refractivity contribution in [3.05, 3.63) is 78.0 Å². The van der Waals surface area contributed by atoms with Crippen molar-refractivity contribution in [2.75, 3.05) is 13.1 Å². The maximum absolute atomic E-state index is 13.1. The molecular formula is C23H24FN5O2. The van der Waals surface area contributed by atoms with E-state index in [-0.39, 0.29) is 30.0 Å². The highest BCUT2D eigenvalue weighted by Crippen LogP contribution is 2.18. The van der Waals surface area contributed by atoms with E-state index in [0.29, 0.717) is 25.5 Å². The number of piperidine rings is 1. The fourth-order valence-electron chi connectivity index (χ4n) is 3.70. The third-order valence-corrected chi connectivity index (χ3v) is 5.43. The molecule has 0 saturated carbocycles. The fourth-order valence-corrected chi connectivity index (χ4v) is 3.70. The van der Waals surface area contributed by atoms with E-state index in [9.17, 15) is 14.0 Å². The Morgan fingerprint density at radius 2 is 1.94 bits per heavy atom. The van der Waals surface area contributed by atoms with Gasteiger partial charge in [0.25, 0.3) is 0 Å². The Bertz CT molecular complexity index is 1020. The lowest BCUT2D eigenvalue weighted by Crippen LogP contribution is -2.45. The zero-order chi connectivity index (χ0) is 21.6. The number of nitrogens with one attached hydrogen (secondary N) is 1. The van der Waals surface area contributed by atoms with E-state index in [1.54, 1.807) is 34.1 Å². The van der Waals surface area contributed by atoms with E-state index < -0.39 is 0 Å². The van der Waals surface area contributed by atoms with Gasteiger partial charge in [-0.15, -0.1) is 0 Å². The SMILES string of the molecule is O=C(NCc1ccc(-n2cccn2)nc1)C1CCCN(C(=O)Cc2ccc(F)cc2)C1. The van der Waals surface area contributed by atoms with E-state index in [1.165, 1.54) is 12.1 Å². The number of nitrogens with zero attached hydrogens (tertiary/aromatic N) is 4. The van der Waals surface area contributed by atoms with Gasteiger partial charge >= 0.3 is 0 Å².